The quantitative estimate of drug-likeness (QED) is 0.634. The SMILES string of the molecule is CCC(C)c1cscc1C=O. The van der Waals surface area contributed by atoms with Gasteiger partial charge in [0, 0.05) is 10.9 Å². The van der Waals surface area contributed by atoms with E-state index in [1.165, 1.54) is 5.56 Å². The molecule has 0 aliphatic carbocycles. The van der Waals surface area contributed by atoms with Gasteiger partial charge in [-0.2, -0.15) is 11.3 Å². The van der Waals surface area contributed by atoms with Crippen LogP contribution < -0.4 is 0 Å². The molecule has 0 amide bonds. The minimum Gasteiger partial charge on any atom is -0.298 e. The molecular formula is C9H12OS. The van der Waals surface area contributed by atoms with Crippen LogP contribution in [0.5, 0.6) is 0 Å². The first-order valence-electron chi connectivity index (χ1n) is 3.80. The van der Waals surface area contributed by atoms with E-state index in [-0.39, 0.29) is 0 Å². The van der Waals surface area contributed by atoms with E-state index in [9.17, 15) is 4.79 Å². The summed E-state index contributed by atoms with van der Waals surface area (Å²) in [5.41, 5.74) is 2.07. The van der Waals surface area contributed by atoms with Gasteiger partial charge in [0.15, 0.2) is 6.29 Å². The van der Waals surface area contributed by atoms with E-state index >= 15 is 0 Å². The van der Waals surface area contributed by atoms with E-state index in [0.717, 1.165) is 18.3 Å². The van der Waals surface area contributed by atoms with Crippen LogP contribution in [0, 0.1) is 0 Å². The second-order valence-corrected chi connectivity index (χ2v) is 3.45. The third-order valence-electron chi connectivity index (χ3n) is 1.99. The maximum atomic E-state index is 10.5. The summed E-state index contributed by atoms with van der Waals surface area (Å²) in [4.78, 5) is 10.5. The first-order valence-corrected chi connectivity index (χ1v) is 4.75. The molecule has 1 unspecified atom stereocenters. The van der Waals surface area contributed by atoms with Crippen molar-refractivity contribution in [3.8, 4) is 0 Å². The minimum absolute atomic E-state index is 0.515. The maximum Gasteiger partial charge on any atom is 0.151 e. The summed E-state index contributed by atoms with van der Waals surface area (Å²) in [6, 6.07) is 0. The predicted molar refractivity (Wildman–Crippen MR) is 48.4 cm³/mol. The largest absolute Gasteiger partial charge is 0.298 e. The number of carbonyl (C=O) groups is 1. The Balaban J connectivity index is 2.92. The Morgan fingerprint density at radius 1 is 1.64 bits per heavy atom. The van der Waals surface area contributed by atoms with E-state index in [0.29, 0.717) is 5.92 Å². The molecule has 1 atom stereocenters. The molecule has 1 nitrogen and oxygen atoms in total. The van der Waals surface area contributed by atoms with Crippen LogP contribution in [0.15, 0.2) is 10.8 Å². The zero-order valence-electron chi connectivity index (χ0n) is 6.83. The molecule has 0 radical (unpaired) electrons. The normalized spacial score (nSPS) is 12.9. The summed E-state index contributed by atoms with van der Waals surface area (Å²) >= 11 is 1.60. The van der Waals surface area contributed by atoms with Crippen LogP contribution in [-0.2, 0) is 0 Å². The van der Waals surface area contributed by atoms with Crippen LogP contribution in [0.2, 0.25) is 0 Å². The van der Waals surface area contributed by atoms with Crippen molar-refractivity contribution >= 4 is 17.6 Å². The van der Waals surface area contributed by atoms with Crippen molar-refractivity contribution < 1.29 is 4.79 Å². The molecule has 0 aliphatic rings. The average Bonchev–Trinajstić information content (AvgIpc) is 2.50. The second kappa shape index (κ2) is 3.67. The maximum absolute atomic E-state index is 10.5. The standard InChI is InChI=1S/C9H12OS/c1-3-7(2)9-6-11-5-8(9)4-10/h4-7H,3H2,1-2H3. The van der Waals surface area contributed by atoms with Crippen molar-refractivity contribution in [2.45, 2.75) is 26.2 Å². The number of rotatable bonds is 3. The lowest BCUT2D eigenvalue weighted by molar-refractivity contribution is 0.112. The van der Waals surface area contributed by atoms with Gasteiger partial charge in [-0.25, -0.2) is 0 Å². The van der Waals surface area contributed by atoms with Gasteiger partial charge >= 0.3 is 0 Å². The molecule has 0 aromatic carbocycles. The summed E-state index contributed by atoms with van der Waals surface area (Å²) in [6.45, 7) is 4.28. The van der Waals surface area contributed by atoms with Crippen LogP contribution in [0.1, 0.15) is 42.1 Å². The fraction of sp³-hybridized carbons (Fsp3) is 0.444. The van der Waals surface area contributed by atoms with Gasteiger partial charge in [0.2, 0.25) is 0 Å². The number of hydrogen-bond acceptors (Lipinski definition) is 2. The van der Waals surface area contributed by atoms with Gasteiger partial charge in [0.25, 0.3) is 0 Å². The van der Waals surface area contributed by atoms with Crippen molar-refractivity contribution in [1.29, 1.82) is 0 Å². The number of thiophene rings is 1. The lowest BCUT2D eigenvalue weighted by Gasteiger charge is -2.05. The molecular weight excluding hydrogens is 156 g/mol. The summed E-state index contributed by atoms with van der Waals surface area (Å²) in [6.07, 6.45) is 2.04. The third kappa shape index (κ3) is 1.69. The number of aldehydes is 1. The topological polar surface area (TPSA) is 17.1 Å². The molecule has 1 rings (SSSR count). The molecule has 11 heavy (non-hydrogen) atoms. The highest BCUT2D eigenvalue weighted by Gasteiger charge is 2.08. The van der Waals surface area contributed by atoms with E-state index in [1.54, 1.807) is 11.3 Å². The zero-order valence-corrected chi connectivity index (χ0v) is 7.65. The van der Waals surface area contributed by atoms with E-state index < -0.39 is 0 Å². The van der Waals surface area contributed by atoms with Gasteiger partial charge in [-0.3, -0.25) is 4.79 Å². The highest BCUT2D eigenvalue weighted by Crippen LogP contribution is 2.24. The van der Waals surface area contributed by atoms with Crippen molar-refractivity contribution in [2.75, 3.05) is 0 Å². The lowest BCUT2D eigenvalue weighted by atomic mass is 9.99. The predicted octanol–water partition coefficient (Wildman–Crippen LogP) is 3.07. The average molecular weight is 168 g/mol. The summed E-state index contributed by atoms with van der Waals surface area (Å²) in [5.74, 6) is 0.515. The van der Waals surface area contributed by atoms with Crippen molar-refractivity contribution in [3.63, 3.8) is 0 Å². The Hall–Kier alpha value is -0.630. The van der Waals surface area contributed by atoms with Crippen LogP contribution >= 0.6 is 11.3 Å². The van der Waals surface area contributed by atoms with Crippen LogP contribution in [0.4, 0.5) is 0 Å². The molecule has 1 aromatic heterocycles. The monoisotopic (exact) mass is 168 g/mol. The van der Waals surface area contributed by atoms with Gasteiger partial charge in [0.05, 0.1) is 0 Å². The van der Waals surface area contributed by atoms with E-state index in [4.69, 9.17) is 0 Å². The molecule has 0 spiro atoms. The van der Waals surface area contributed by atoms with Gasteiger partial charge in [-0.1, -0.05) is 13.8 Å². The highest BCUT2D eigenvalue weighted by atomic mass is 32.1. The number of hydrogen-bond donors (Lipinski definition) is 0. The Morgan fingerprint density at radius 2 is 2.36 bits per heavy atom. The smallest absolute Gasteiger partial charge is 0.151 e. The molecule has 60 valence electrons. The third-order valence-corrected chi connectivity index (χ3v) is 2.77. The van der Waals surface area contributed by atoms with Gasteiger partial charge in [0.1, 0.15) is 0 Å². The fourth-order valence-corrected chi connectivity index (χ4v) is 1.95. The Morgan fingerprint density at radius 3 is 2.91 bits per heavy atom. The molecule has 2 heteroatoms. The van der Waals surface area contributed by atoms with E-state index in [1.807, 2.05) is 5.38 Å². The molecule has 0 saturated heterocycles. The first-order chi connectivity index (χ1) is 5.29. The second-order valence-electron chi connectivity index (χ2n) is 2.71. The molecule has 0 aliphatic heterocycles. The van der Waals surface area contributed by atoms with Crippen LogP contribution in [0.25, 0.3) is 0 Å². The molecule has 0 saturated carbocycles. The van der Waals surface area contributed by atoms with Crippen LogP contribution in [-0.4, -0.2) is 6.29 Å². The molecule has 0 bridgehead atoms. The highest BCUT2D eigenvalue weighted by molar-refractivity contribution is 7.08. The van der Waals surface area contributed by atoms with Crippen molar-refractivity contribution in [1.82, 2.24) is 0 Å². The summed E-state index contributed by atoms with van der Waals surface area (Å²) in [5, 5.41) is 3.98. The summed E-state index contributed by atoms with van der Waals surface area (Å²) in [7, 11) is 0. The van der Waals surface area contributed by atoms with Gasteiger partial charge in [-0.15, -0.1) is 0 Å². The Bertz CT molecular complexity index is 239. The lowest BCUT2D eigenvalue weighted by Crippen LogP contribution is -1.92. The zero-order chi connectivity index (χ0) is 8.27. The Labute approximate surface area is 71.1 Å². The molecule has 1 aromatic rings. The molecule has 0 fully saturated rings. The van der Waals surface area contributed by atoms with Crippen LogP contribution in [0.3, 0.4) is 0 Å². The fourth-order valence-electron chi connectivity index (χ4n) is 1.03. The van der Waals surface area contributed by atoms with Crippen molar-refractivity contribution in [2.24, 2.45) is 0 Å². The first kappa shape index (κ1) is 8.47. The Kier molecular flexibility index (Phi) is 2.83. The number of carbonyl (C=O) groups excluding carboxylic acids is 1. The van der Waals surface area contributed by atoms with Gasteiger partial charge < -0.3 is 0 Å². The van der Waals surface area contributed by atoms with E-state index in [2.05, 4.69) is 19.2 Å². The summed E-state index contributed by atoms with van der Waals surface area (Å²) < 4.78 is 0. The molecule has 1 heterocycles. The van der Waals surface area contributed by atoms with Crippen molar-refractivity contribution in [3.05, 3.63) is 21.9 Å². The molecule has 0 N–H and O–H groups in total. The van der Waals surface area contributed by atoms with Gasteiger partial charge in [-0.05, 0) is 23.3 Å². The minimum atomic E-state index is 0.515.